The van der Waals surface area contributed by atoms with Crippen molar-refractivity contribution in [1.29, 1.82) is 0 Å². The van der Waals surface area contributed by atoms with Gasteiger partial charge in [-0.25, -0.2) is 0 Å². The van der Waals surface area contributed by atoms with Gasteiger partial charge in [-0.15, -0.1) is 5.10 Å². The number of phenolic OH excluding ortho intramolecular Hbond substituents is 1. The number of H-pyrrole nitrogens is 1. The maximum absolute atomic E-state index is 10.3. The minimum atomic E-state index is -0.0624. The first kappa shape index (κ1) is 13.8. The van der Waals surface area contributed by atoms with Crippen molar-refractivity contribution in [1.82, 2.24) is 15.4 Å². The monoisotopic (exact) mass is 347 g/mol. The standard InChI is InChI=1S/C12H5Cl4N3O/c13-6-3-5(8(14)10(16)9(6)15)4-1-2-7-11(12(4)20)18-19-17-7/h1-3,20H,(H,17,18,19). The van der Waals surface area contributed by atoms with Crippen LogP contribution in [0.4, 0.5) is 0 Å². The van der Waals surface area contributed by atoms with E-state index in [0.717, 1.165) is 0 Å². The molecule has 0 fully saturated rings. The minimum Gasteiger partial charge on any atom is -0.505 e. The molecule has 1 heterocycles. The molecule has 0 saturated carbocycles. The zero-order valence-electron chi connectivity index (χ0n) is 9.59. The lowest BCUT2D eigenvalue weighted by molar-refractivity contribution is 0.482. The Morgan fingerprint density at radius 1 is 0.950 bits per heavy atom. The van der Waals surface area contributed by atoms with E-state index in [9.17, 15) is 5.11 Å². The van der Waals surface area contributed by atoms with Crippen LogP contribution in [-0.4, -0.2) is 20.5 Å². The maximum atomic E-state index is 10.3. The van der Waals surface area contributed by atoms with Crippen molar-refractivity contribution in [2.75, 3.05) is 0 Å². The van der Waals surface area contributed by atoms with Crippen LogP contribution in [0.2, 0.25) is 20.1 Å². The Bertz CT molecular complexity index is 831. The molecule has 102 valence electrons. The molecule has 0 bridgehead atoms. The Morgan fingerprint density at radius 2 is 1.70 bits per heavy atom. The topological polar surface area (TPSA) is 61.8 Å². The van der Waals surface area contributed by atoms with Crippen molar-refractivity contribution in [2.24, 2.45) is 0 Å². The van der Waals surface area contributed by atoms with Crippen molar-refractivity contribution in [3.63, 3.8) is 0 Å². The highest BCUT2D eigenvalue weighted by atomic mass is 35.5. The summed E-state index contributed by atoms with van der Waals surface area (Å²) in [6.07, 6.45) is 0. The molecule has 0 radical (unpaired) electrons. The molecule has 2 N–H and O–H groups in total. The lowest BCUT2D eigenvalue weighted by Gasteiger charge is -2.11. The highest BCUT2D eigenvalue weighted by molar-refractivity contribution is 6.52. The molecule has 0 amide bonds. The van der Waals surface area contributed by atoms with Gasteiger partial charge >= 0.3 is 0 Å². The molecule has 8 heteroatoms. The lowest BCUT2D eigenvalue weighted by Crippen LogP contribution is -1.86. The summed E-state index contributed by atoms with van der Waals surface area (Å²) in [6.45, 7) is 0. The Hall–Kier alpha value is -1.20. The Labute approximate surface area is 133 Å². The molecule has 3 rings (SSSR count). The zero-order chi connectivity index (χ0) is 14.4. The second-order valence-corrected chi connectivity index (χ2v) is 5.56. The molecule has 3 aromatic rings. The van der Waals surface area contributed by atoms with Gasteiger partial charge in [0.05, 0.1) is 25.6 Å². The van der Waals surface area contributed by atoms with E-state index in [2.05, 4.69) is 15.4 Å². The van der Waals surface area contributed by atoms with Gasteiger partial charge in [-0.1, -0.05) is 51.6 Å². The van der Waals surface area contributed by atoms with E-state index in [1.54, 1.807) is 18.2 Å². The third-order valence-corrected chi connectivity index (χ3v) is 4.62. The molecule has 1 aromatic heterocycles. The van der Waals surface area contributed by atoms with Gasteiger partial charge in [0.25, 0.3) is 0 Å². The molecule has 20 heavy (non-hydrogen) atoms. The maximum Gasteiger partial charge on any atom is 0.155 e. The third-order valence-electron chi connectivity index (χ3n) is 2.86. The summed E-state index contributed by atoms with van der Waals surface area (Å²) in [7, 11) is 0. The summed E-state index contributed by atoms with van der Waals surface area (Å²) < 4.78 is 0. The first-order chi connectivity index (χ1) is 9.50. The summed E-state index contributed by atoms with van der Waals surface area (Å²) >= 11 is 24.1. The summed E-state index contributed by atoms with van der Waals surface area (Å²) in [5, 5.41) is 21.1. The van der Waals surface area contributed by atoms with Crippen LogP contribution < -0.4 is 0 Å². The van der Waals surface area contributed by atoms with Crippen molar-refractivity contribution in [2.45, 2.75) is 0 Å². The number of nitrogens with one attached hydrogen (secondary N) is 1. The van der Waals surface area contributed by atoms with Gasteiger partial charge in [0.2, 0.25) is 0 Å². The van der Waals surface area contributed by atoms with E-state index in [1.807, 2.05) is 0 Å². The highest BCUT2D eigenvalue weighted by Gasteiger charge is 2.18. The van der Waals surface area contributed by atoms with E-state index in [4.69, 9.17) is 46.4 Å². The first-order valence-electron chi connectivity index (χ1n) is 5.36. The lowest BCUT2D eigenvalue weighted by atomic mass is 10.0. The zero-order valence-corrected chi connectivity index (χ0v) is 12.6. The quantitative estimate of drug-likeness (QED) is 0.483. The van der Waals surface area contributed by atoms with E-state index in [1.165, 1.54) is 0 Å². The van der Waals surface area contributed by atoms with Crippen LogP contribution in [0.3, 0.4) is 0 Å². The predicted molar refractivity (Wildman–Crippen MR) is 81.0 cm³/mol. The number of aromatic amines is 1. The van der Waals surface area contributed by atoms with Gasteiger partial charge in [0.15, 0.2) is 11.3 Å². The van der Waals surface area contributed by atoms with Gasteiger partial charge in [0.1, 0.15) is 0 Å². The normalized spacial score (nSPS) is 11.2. The highest BCUT2D eigenvalue weighted by Crippen LogP contribution is 2.45. The van der Waals surface area contributed by atoms with Gasteiger partial charge in [0, 0.05) is 11.1 Å². The molecule has 0 aliphatic rings. The molecule has 0 saturated heterocycles. The van der Waals surface area contributed by atoms with Gasteiger partial charge in [-0.05, 0) is 18.2 Å². The number of hydrogen-bond donors (Lipinski definition) is 2. The fourth-order valence-corrected chi connectivity index (χ4v) is 2.79. The average molecular weight is 349 g/mol. The average Bonchev–Trinajstić information content (AvgIpc) is 2.91. The summed E-state index contributed by atoms with van der Waals surface area (Å²) in [6, 6.07) is 4.93. The Kier molecular flexibility index (Phi) is 3.42. The van der Waals surface area contributed by atoms with Crippen LogP contribution in [0.25, 0.3) is 22.2 Å². The second-order valence-electron chi connectivity index (χ2n) is 4.02. The number of aromatic hydroxyl groups is 1. The van der Waals surface area contributed by atoms with Crippen molar-refractivity contribution >= 4 is 57.4 Å². The van der Waals surface area contributed by atoms with Crippen molar-refractivity contribution in [3.05, 3.63) is 38.3 Å². The summed E-state index contributed by atoms with van der Waals surface area (Å²) in [5.74, 6) is -0.0624. The minimum absolute atomic E-state index is 0.0624. The molecule has 0 unspecified atom stereocenters. The number of halogens is 4. The fraction of sp³-hybridized carbons (Fsp3) is 0. The van der Waals surface area contributed by atoms with Gasteiger partial charge < -0.3 is 5.11 Å². The molecule has 0 atom stereocenters. The molecule has 2 aromatic carbocycles. The molecule has 0 spiro atoms. The number of rotatable bonds is 1. The molecule has 0 aliphatic carbocycles. The SMILES string of the molecule is Oc1c(-c2cc(Cl)c(Cl)c(Cl)c2Cl)ccc2[nH]nnc12. The van der Waals surface area contributed by atoms with E-state index < -0.39 is 0 Å². The third kappa shape index (κ3) is 2.00. The smallest absolute Gasteiger partial charge is 0.155 e. The molecular formula is C12H5Cl4N3O. The van der Waals surface area contributed by atoms with Crippen LogP contribution in [-0.2, 0) is 0 Å². The number of phenols is 1. The second kappa shape index (κ2) is 4.97. The summed E-state index contributed by atoms with van der Waals surface area (Å²) in [4.78, 5) is 0. The van der Waals surface area contributed by atoms with Crippen LogP contribution in [0.5, 0.6) is 5.75 Å². The van der Waals surface area contributed by atoms with E-state index in [0.29, 0.717) is 22.2 Å². The van der Waals surface area contributed by atoms with Crippen molar-refractivity contribution in [3.8, 4) is 16.9 Å². The van der Waals surface area contributed by atoms with Crippen LogP contribution in [0.1, 0.15) is 0 Å². The Morgan fingerprint density at radius 3 is 2.45 bits per heavy atom. The van der Waals surface area contributed by atoms with Gasteiger partial charge in [-0.2, -0.15) is 0 Å². The Balaban J connectivity index is 2.33. The number of benzene rings is 2. The van der Waals surface area contributed by atoms with Crippen LogP contribution in [0, 0.1) is 0 Å². The molecule has 4 nitrogen and oxygen atoms in total. The van der Waals surface area contributed by atoms with Crippen LogP contribution >= 0.6 is 46.4 Å². The van der Waals surface area contributed by atoms with Gasteiger partial charge in [-0.3, -0.25) is 5.10 Å². The predicted octanol–water partition coefficient (Wildman–Crippen LogP) is 4.94. The van der Waals surface area contributed by atoms with Crippen molar-refractivity contribution < 1.29 is 5.11 Å². The number of aromatic nitrogens is 3. The number of fused-ring (bicyclic) bond motifs is 1. The van der Waals surface area contributed by atoms with E-state index >= 15 is 0 Å². The first-order valence-corrected chi connectivity index (χ1v) is 6.88. The largest absolute Gasteiger partial charge is 0.505 e. The fourth-order valence-electron chi connectivity index (χ4n) is 1.89. The summed E-state index contributed by atoms with van der Waals surface area (Å²) in [5.41, 5.74) is 1.85. The molecular weight excluding hydrogens is 344 g/mol. The van der Waals surface area contributed by atoms with E-state index in [-0.39, 0.29) is 25.8 Å². The number of hydrogen-bond acceptors (Lipinski definition) is 3. The number of nitrogens with zero attached hydrogens (tertiary/aromatic N) is 2. The molecule has 0 aliphatic heterocycles. The van der Waals surface area contributed by atoms with Crippen LogP contribution in [0.15, 0.2) is 18.2 Å².